The van der Waals surface area contributed by atoms with Gasteiger partial charge in [0.1, 0.15) is 24.8 Å². The second-order valence-corrected chi connectivity index (χ2v) is 7.96. The van der Waals surface area contributed by atoms with Crippen molar-refractivity contribution in [2.45, 2.75) is 12.8 Å². The molecule has 2 aromatic carbocycles. The number of likely N-dealkylation sites (tertiary alicyclic amines) is 1. The van der Waals surface area contributed by atoms with Gasteiger partial charge in [-0.3, -0.25) is 9.59 Å². The highest BCUT2D eigenvalue weighted by Crippen LogP contribution is 2.33. The average molecular weight is 435 g/mol. The molecule has 0 atom stereocenters. The Morgan fingerprint density at radius 3 is 2.34 bits per heavy atom. The van der Waals surface area contributed by atoms with Gasteiger partial charge in [0, 0.05) is 30.1 Å². The Labute approximate surface area is 184 Å². The first kappa shape index (κ1) is 20.3. The Hall–Kier alpha value is -3.61. The summed E-state index contributed by atoms with van der Waals surface area (Å²) < 4.78 is 29.9. The highest BCUT2D eigenvalue weighted by molar-refractivity contribution is 5.99. The van der Waals surface area contributed by atoms with E-state index in [-0.39, 0.29) is 29.2 Å². The summed E-state index contributed by atoms with van der Waals surface area (Å²) in [6, 6.07) is 14.5. The van der Waals surface area contributed by atoms with Crippen LogP contribution in [0.3, 0.4) is 0 Å². The van der Waals surface area contributed by atoms with Crippen molar-refractivity contribution in [1.82, 2.24) is 4.90 Å². The predicted octanol–water partition coefficient (Wildman–Crippen LogP) is 4.59. The van der Waals surface area contributed by atoms with Gasteiger partial charge in [-0.1, -0.05) is 0 Å². The number of carbonyl (C=O) groups is 2. The lowest BCUT2D eigenvalue weighted by atomic mass is 9.88. The zero-order valence-corrected chi connectivity index (χ0v) is 17.4. The monoisotopic (exact) mass is 435 g/mol. The van der Waals surface area contributed by atoms with Crippen LogP contribution >= 0.6 is 0 Å². The second-order valence-electron chi connectivity index (χ2n) is 7.96. The van der Waals surface area contributed by atoms with Crippen LogP contribution in [0.1, 0.15) is 33.8 Å². The fourth-order valence-corrected chi connectivity index (χ4v) is 4.16. The maximum absolute atomic E-state index is 13.1. The van der Waals surface area contributed by atoms with E-state index in [1.54, 1.807) is 47.4 Å². The topological polar surface area (TPSA) is 69.0 Å². The highest BCUT2D eigenvalue weighted by Gasteiger charge is 2.30. The number of ketones is 1. The van der Waals surface area contributed by atoms with E-state index in [2.05, 4.69) is 0 Å². The molecule has 5 rings (SSSR count). The summed E-state index contributed by atoms with van der Waals surface area (Å²) in [7, 11) is 0. The first-order valence-corrected chi connectivity index (χ1v) is 10.7. The van der Waals surface area contributed by atoms with Gasteiger partial charge in [-0.15, -0.1) is 0 Å². The molecule has 7 heteroatoms. The number of rotatable bonds is 4. The van der Waals surface area contributed by atoms with Crippen molar-refractivity contribution in [1.29, 1.82) is 0 Å². The van der Waals surface area contributed by atoms with E-state index in [0.717, 1.165) is 0 Å². The van der Waals surface area contributed by atoms with Crippen molar-refractivity contribution in [2.24, 2.45) is 5.92 Å². The number of nitrogens with zero attached hydrogens (tertiary/aromatic N) is 1. The molecule has 0 saturated carbocycles. The van der Waals surface area contributed by atoms with Crippen LogP contribution in [0.15, 0.2) is 59.0 Å². The van der Waals surface area contributed by atoms with Gasteiger partial charge in [-0.05, 0) is 67.4 Å². The van der Waals surface area contributed by atoms with Crippen molar-refractivity contribution < 1.29 is 27.9 Å². The van der Waals surface area contributed by atoms with Crippen molar-refractivity contribution in [3.8, 4) is 22.8 Å². The number of Topliss-reactive ketones (excluding diaryl/α,β-unsaturated/α-hetero) is 1. The second kappa shape index (κ2) is 8.49. The molecule has 32 heavy (non-hydrogen) atoms. The molecular weight excluding hydrogens is 413 g/mol. The van der Waals surface area contributed by atoms with E-state index in [0.29, 0.717) is 67.5 Å². The standard InChI is InChI=1S/C25H22FNO5/c26-19-4-1-16(2-5-19)20-7-8-22(32-20)25(29)27-11-9-17(10-12-27)24(28)18-3-6-21-23(15-18)31-14-13-30-21/h1-8,15,17H,9-14H2. The highest BCUT2D eigenvalue weighted by atomic mass is 19.1. The molecule has 0 radical (unpaired) electrons. The molecule has 164 valence electrons. The summed E-state index contributed by atoms with van der Waals surface area (Å²) in [5.41, 5.74) is 1.31. The molecule has 0 unspecified atom stereocenters. The summed E-state index contributed by atoms with van der Waals surface area (Å²) in [4.78, 5) is 27.5. The molecule has 6 nitrogen and oxygen atoms in total. The molecule has 0 aliphatic carbocycles. The number of ether oxygens (including phenoxy) is 2. The lowest BCUT2D eigenvalue weighted by molar-refractivity contribution is 0.0625. The van der Waals surface area contributed by atoms with Crippen LogP contribution < -0.4 is 9.47 Å². The van der Waals surface area contributed by atoms with Crippen LogP contribution in [0.5, 0.6) is 11.5 Å². The number of amides is 1. The zero-order valence-electron chi connectivity index (χ0n) is 17.4. The Morgan fingerprint density at radius 1 is 0.875 bits per heavy atom. The number of benzene rings is 2. The normalized spacial score (nSPS) is 16.1. The lowest BCUT2D eigenvalue weighted by Gasteiger charge is -2.31. The van der Waals surface area contributed by atoms with E-state index in [1.807, 2.05) is 0 Å². The van der Waals surface area contributed by atoms with E-state index < -0.39 is 0 Å². The molecule has 2 aliphatic heterocycles. The third-order valence-corrected chi connectivity index (χ3v) is 5.93. The Kier molecular flexibility index (Phi) is 5.39. The van der Waals surface area contributed by atoms with Crippen LogP contribution in [-0.2, 0) is 0 Å². The average Bonchev–Trinajstić information content (AvgIpc) is 3.34. The summed E-state index contributed by atoms with van der Waals surface area (Å²) in [5, 5.41) is 0. The molecule has 1 amide bonds. The van der Waals surface area contributed by atoms with Crippen molar-refractivity contribution in [3.63, 3.8) is 0 Å². The molecule has 0 spiro atoms. The number of carbonyl (C=O) groups excluding carboxylic acids is 2. The van der Waals surface area contributed by atoms with Crippen molar-refractivity contribution in [2.75, 3.05) is 26.3 Å². The lowest BCUT2D eigenvalue weighted by Crippen LogP contribution is -2.40. The van der Waals surface area contributed by atoms with Gasteiger partial charge in [-0.2, -0.15) is 0 Å². The van der Waals surface area contributed by atoms with Crippen molar-refractivity contribution >= 4 is 11.7 Å². The molecule has 1 fully saturated rings. The molecule has 1 aromatic heterocycles. The van der Waals surface area contributed by atoms with E-state index in [9.17, 15) is 14.0 Å². The summed E-state index contributed by atoms with van der Waals surface area (Å²) in [6.45, 7) is 1.94. The fraction of sp³-hybridized carbons (Fsp3) is 0.280. The molecule has 3 heterocycles. The quantitative estimate of drug-likeness (QED) is 0.561. The number of hydrogen-bond acceptors (Lipinski definition) is 5. The fourth-order valence-electron chi connectivity index (χ4n) is 4.16. The number of fused-ring (bicyclic) bond motifs is 1. The molecular formula is C25H22FNO5. The minimum absolute atomic E-state index is 0.0608. The maximum Gasteiger partial charge on any atom is 0.289 e. The SMILES string of the molecule is O=C(c1ccc2c(c1)OCCO2)C1CCN(C(=O)c2ccc(-c3ccc(F)cc3)o2)CC1. The molecule has 3 aromatic rings. The van der Waals surface area contributed by atoms with Gasteiger partial charge in [0.15, 0.2) is 23.0 Å². The number of halogens is 1. The smallest absolute Gasteiger partial charge is 0.289 e. The van der Waals surface area contributed by atoms with Gasteiger partial charge < -0.3 is 18.8 Å². The first-order valence-electron chi connectivity index (χ1n) is 10.7. The minimum Gasteiger partial charge on any atom is -0.486 e. The Morgan fingerprint density at radius 2 is 1.59 bits per heavy atom. The van der Waals surface area contributed by atoms with Crippen molar-refractivity contribution in [3.05, 3.63) is 71.7 Å². The zero-order chi connectivity index (χ0) is 22.1. The van der Waals surface area contributed by atoms with Crippen LogP contribution in [0.25, 0.3) is 11.3 Å². The minimum atomic E-state index is -0.328. The van der Waals surface area contributed by atoms with Gasteiger partial charge >= 0.3 is 0 Å². The first-order chi connectivity index (χ1) is 15.6. The third-order valence-electron chi connectivity index (χ3n) is 5.93. The van der Waals surface area contributed by atoms with Gasteiger partial charge in [-0.25, -0.2) is 4.39 Å². The van der Waals surface area contributed by atoms with Gasteiger partial charge in [0.25, 0.3) is 5.91 Å². The van der Waals surface area contributed by atoms with Gasteiger partial charge in [0.05, 0.1) is 0 Å². The number of furan rings is 1. The molecule has 0 N–H and O–H groups in total. The summed E-state index contributed by atoms with van der Waals surface area (Å²) in [6.07, 6.45) is 1.18. The predicted molar refractivity (Wildman–Crippen MR) is 114 cm³/mol. The molecule has 2 aliphatic rings. The Bertz CT molecular complexity index is 1150. The molecule has 1 saturated heterocycles. The maximum atomic E-state index is 13.1. The third kappa shape index (κ3) is 3.98. The van der Waals surface area contributed by atoms with E-state index in [1.165, 1.54) is 12.1 Å². The molecule has 0 bridgehead atoms. The van der Waals surface area contributed by atoms with Crippen LogP contribution in [0.2, 0.25) is 0 Å². The van der Waals surface area contributed by atoms with E-state index in [4.69, 9.17) is 13.9 Å². The van der Waals surface area contributed by atoms with E-state index >= 15 is 0 Å². The largest absolute Gasteiger partial charge is 0.486 e. The number of piperidine rings is 1. The number of hydrogen-bond donors (Lipinski definition) is 0. The van der Waals surface area contributed by atoms with Crippen LogP contribution in [0, 0.1) is 11.7 Å². The Balaban J connectivity index is 1.21. The van der Waals surface area contributed by atoms with Crippen LogP contribution in [-0.4, -0.2) is 42.9 Å². The summed E-state index contributed by atoms with van der Waals surface area (Å²) >= 11 is 0. The van der Waals surface area contributed by atoms with Gasteiger partial charge in [0.2, 0.25) is 0 Å². The van der Waals surface area contributed by atoms with Crippen LogP contribution in [0.4, 0.5) is 4.39 Å². The summed E-state index contributed by atoms with van der Waals surface area (Å²) in [5.74, 6) is 1.39.